The molecule has 1 saturated carbocycles. The van der Waals surface area contributed by atoms with Crippen molar-refractivity contribution < 1.29 is 28.7 Å². The molecule has 1 aromatic heterocycles. The number of benzene rings is 2. The molecule has 3 fully saturated rings. The Morgan fingerprint density at radius 1 is 0.897 bits per heavy atom. The van der Waals surface area contributed by atoms with Crippen molar-refractivity contribution in [3.63, 3.8) is 0 Å². The van der Waals surface area contributed by atoms with E-state index in [1.807, 2.05) is 6.07 Å². The number of allylic oxidation sites excluding steroid dienone is 2. The van der Waals surface area contributed by atoms with Crippen LogP contribution in [0.5, 0.6) is 5.75 Å². The molecule has 300 valence electrons. The molecule has 5 amide bonds. The molecule has 0 bridgehead atoms. The molecule has 2 unspecified atom stereocenters. The van der Waals surface area contributed by atoms with Crippen LogP contribution in [0, 0.1) is 11.3 Å². The van der Waals surface area contributed by atoms with Crippen LogP contribution in [0.15, 0.2) is 60.4 Å². The summed E-state index contributed by atoms with van der Waals surface area (Å²) in [6.45, 7) is 3.36. The van der Waals surface area contributed by atoms with Crippen molar-refractivity contribution >= 4 is 47.1 Å². The third-order valence-corrected chi connectivity index (χ3v) is 12.4. The average Bonchev–Trinajstić information content (AvgIpc) is 3.34. The second-order valence-corrected chi connectivity index (χ2v) is 16.2. The first-order valence-electron chi connectivity index (χ1n) is 20.1. The Labute approximate surface area is 341 Å². The molecule has 2 atom stereocenters. The summed E-state index contributed by atoms with van der Waals surface area (Å²) in [5.74, 6) is -0.900. The lowest BCUT2D eigenvalue weighted by Crippen LogP contribution is -2.54. The van der Waals surface area contributed by atoms with Crippen LogP contribution in [-0.2, 0) is 16.0 Å². The molecule has 15 heteroatoms. The van der Waals surface area contributed by atoms with Gasteiger partial charge in [-0.2, -0.15) is 5.26 Å². The molecule has 3 aliphatic heterocycles. The first-order chi connectivity index (χ1) is 28.1. The number of amides is 5. The number of hydrogen-bond acceptors (Lipinski definition) is 11. The van der Waals surface area contributed by atoms with E-state index in [1.165, 1.54) is 5.57 Å². The van der Waals surface area contributed by atoms with E-state index in [0.29, 0.717) is 51.4 Å². The Bertz CT molecular complexity index is 2190. The van der Waals surface area contributed by atoms with Gasteiger partial charge in [0, 0.05) is 63.1 Å². The molecule has 58 heavy (non-hydrogen) atoms. The molecule has 2 N–H and O–H groups in total. The van der Waals surface area contributed by atoms with Crippen molar-refractivity contribution in [3.8, 4) is 11.8 Å². The minimum atomic E-state index is -0.975. The molecule has 8 rings (SSSR count). The Balaban J connectivity index is 0.769. The molecule has 3 aromatic rings. The quantitative estimate of drug-likeness (QED) is 0.225. The zero-order valence-electron chi connectivity index (χ0n) is 32.1. The van der Waals surface area contributed by atoms with Crippen molar-refractivity contribution in [1.82, 2.24) is 30.4 Å². The first-order valence-corrected chi connectivity index (χ1v) is 20.5. The van der Waals surface area contributed by atoms with E-state index in [2.05, 4.69) is 42.5 Å². The highest BCUT2D eigenvalue weighted by atomic mass is 35.5. The number of piperazine rings is 1. The number of aromatic nitrogens is 2. The lowest BCUT2D eigenvalue weighted by Gasteiger charge is -2.39. The van der Waals surface area contributed by atoms with Gasteiger partial charge in [-0.05, 0) is 94.0 Å². The number of hydrogen-bond donors (Lipinski definition) is 2. The van der Waals surface area contributed by atoms with Gasteiger partial charge < -0.3 is 15.0 Å². The first kappa shape index (κ1) is 39.2. The summed E-state index contributed by atoms with van der Waals surface area (Å²) in [6, 6.07) is 12.0. The molecular formula is C43H45ClN8O6. The highest BCUT2D eigenvalue weighted by Gasteiger charge is 2.44. The molecule has 2 aliphatic carbocycles. The number of carbonyl (C=O) groups excluding carboxylic acids is 5. The van der Waals surface area contributed by atoms with E-state index in [9.17, 15) is 24.0 Å². The summed E-state index contributed by atoms with van der Waals surface area (Å²) in [5.41, 5.74) is 3.72. The Kier molecular flexibility index (Phi) is 11.5. The van der Waals surface area contributed by atoms with Crippen molar-refractivity contribution in [3.05, 3.63) is 93.3 Å². The Morgan fingerprint density at radius 3 is 2.38 bits per heavy atom. The van der Waals surface area contributed by atoms with Crippen LogP contribution in [0.3, 0.4) is 0 Å². The number of nitriles is 1. The number of rotatable bonds is 9. The molecule has 5 aliphatic rings. The molecule has 0 radical (unpaired) electrons. The summed E-state index contributed by atoms with van der Waals surface area (Å²) in [7, 11) is 0. The number of halogens is 1. The van der Waals surface area contributed by atoms with Gasteiger partial charge in [0.1, 0.15) is 17.9 Å². The van der Waals surface area contributed by atoms with Crippen LogP contribution < -0.4 is 20.3 Å². The third kappa shape index (κ3) is 8.47. The fourth-order valence-electron chi connectivity index (χ4n) is 8.83. The van der Waals surface area contributed by atoms with Crippen LogP contribution in [0.4, 0.5) is 5.95 Å². The third-order valence-electron chi connectivity index (χ3n) is 12.1. The van der Waals surface area contributed by atoms with Gasteiger partial charge in [-0.3, -0.25) is 39.1 Å². The molecule has 0 spiro atoms. The summed E-state index contributed by atoms with van der Waals surface area (Å²) in [4.78, 5) is 78.4. The van der Waals surface area contributed by atoms with Crippen molar-refractivity contribution in [2.45, 2.75) is 94.9 Å². The Morgan fingerprint density at radius 2 is 1.66 bits per heavy atom. The minimum absolute atomic E-state index is 0.0196. The Hall–Kier alpha value is -5.65. The molecule has 2 aromatic carbocycles. The van der Waals surface area contributed by atoms with Crippen LogP contribution >= 0.6 is 11.6 Å². The maximum absolute atomic E-state index is 13.3. The van der Waals surface area contributed by atoms with Crippen molar-refractivity contribution in [2.75, 3.05) is 31.1 Å². The number of anilines is 1. The van der Waals surface area contributed by atoms with Crippen LogP contribution in [-0.4, -0.2) is 99.7 Å². The number of nitrogens with one attached hydrogen (secondary N) is 2. The largest absolute Gasteiger partial charge is 0.490 e. The standard InChI is InChI=1S/C43H45ClN8O6/c44-36-22-33(10-6-28(36)23-45)58-32-11-7-30(8-12-32)48-39(54)29-24-46-43(47-25-29)51-18-16-50(17-19-51)31-3-1-2-26(4-9-31)20-27-5-13-34-35(21-27)42(57)52(41(34)56)37-14-15-38(53)49-40(37)55/h2,5-6,10,13,21-22,24-25,30-32,37H,1,3-4,7-9,11-12,14-20H2,(H,48,54)(H,49,53,55)/t30-,31?,32-,37?. The number of carbonyl (C=O) groups is 5. The normalized spacial score (nSPS) is 24.0. The van der Waals surface area contributed by atoms with Crippen molar-refractivity contribution in [2.24, 2.45) is 0 Å². The maximum Gasteiger partial charge on any atom is 0.262 e. The summed E-state index contributed by atoms with van der Waals surface area (Å²) in [5, 5.41) is 14.8. The van der Waals surface area contributed by atoms with E-state index in [4.69, 9.17) is 21.6 Å². The minimum Gasteiger partial charge on any atom is -0.490 e. The predicted octanol–water partition coefficient (Wildman–Crippen LogP) is 4.76. The van der Waals surface area contributed by atoms with Crippen LogP contribution in [0.1, 0.15) is 106 Å². The van der Waals surface area contributed by atoms with Crippen LogP contribution in [0.2, 0.25) is 5.02 Å². The van der Waals surface area contributed by atoms with Gasteiger partial charge in [0.2, 0.25) is 17.8 Å². The van der Waals surface area contributed by atoms with Crippen LogP contribution in [0.25, 0.3) is 0 Å². The number of nitrogens with zero attached hydrogens (tertiary/aromatic N) is 6. The molecule has 4 heterocycles. The smallest absolute Gasteiger partial charge is 0.262 e. The highest BCUT2D eigenvalue weighted by Crippen LogP contribution is 2.32. The van der Waals surface area contributed by atoms with E-state index in [-0.39, 0.29) is 30.9 Å². The second kappa shape index (κ2) is 17.1. The SMILES string of the molecule is N#Cc1ccc(O[C@H]2CC[C@H](NC(=O)c3cnc(N4CCN(C5CCC=C(Cc6ccc7c(c6)C(=O)N(C6CCC(=O)NC6=O)C7=O)CC5)CC4)nc3)CC2)cc1Cl. The number of imide groups is 2. The monoisotopic (exact) mass is 804 g/mol. The van der Waals surface area contributed by atoms with Gasteiger partial charge in [0.15, 0.2) is 0 Å². The van der Waals surface area contributed by atoms with E-state index >= 15 is 0 Å². The average molecular weight is 805 g/mol. The van der Waals surface area contributed by atoms with Gasteiger partial charge in [-0.15, -0.1) is 0 Å². The number of piperidine rings is 1. The number of fused-ring (bicyclic) bond motifs is 1. The fraction of sp³-hybridized carbons (Fsp3) is 0.442. The van der Waals surface area contributed by atoms with Gasteiger partial charge >= 0.3 is 0 Å². The zero-order chi connectivity index (χ0) is 40.3. The summed E-state index contributed by atoms with van der Waals surface area (Å²) in [6.07, 6.45) is 13.6. The lowest BCUT2D eigenvalue weighted by molar-refractivity contribution is -0.136. The topological polar surface area (TPSA) is 178 Å². The lowest BCUT2D eigenvalue weighted by atomic mass is 9.92. The molecular weight excluding hydrogens is 760 g/mol. The van der Waals surface area contributed by atoms with E-state index in [1.54, 1.807) is 42.7 Å². The van der Waals surface area contributed by atoms with Gasteiger partial charge in [0.25, 0.3) is 17.7 Å². The maximum atomic E-state index is 13.3. The highest BCUT2D eigenvalue weighted by molar-refractivity contribution is 6.31. The predicted molar refractivity (Wildman–Crippen MR) is 213 cm³/mol. The molecule has 14 nitrogen and oxygen atoms in total. The van der Waals surface area contributed by atoms with Gasteiger partial charge in [-0.1, -0.05) is 29.3 Å². The summed E-state index contributed by atoms with van der Waals surface area (Å²) >= 11 is 6.15. The van der Waals surface area contributed by atoms with Gasteiger partial charge in [0.05, 0.1) is 33.4 Å². The van der Waals surface area contributed by atoms with E-state index in [0.717, 1.165) is 88.0 Å². The van der Waals surface area contributed by atoms with E-state index < -0.39 is 29.7 Å². The zero-order valence-corrected chi connectivity index (χ0v) is 32.9. The fourth-order valence-corrected chi connectivity index (χ4v) is 9.04. The molecule has 2 saturated heterocycles. The number of ether oxygens (including phenoxy) is 1. The second-order valence-electron chi connectivity index (χ2n) is 15.7. The van der Waals surface area contributed by atoms with Crippen molar-refractivity contribution in [1.29, 1.82) is 5.26 Å². The summed E-state index contributed by atoms with van der Waals surface area (Å²) < 4.78 is 6.08. The van der Waals surface area contributed by atoms with Gasteiger partial charge in [-0.25, -0.2) is 9.97 Å².